The van der Waals surface area contributed by atoms with Crippen LogP contribution in [-0.4, -0.2) is 44.1 Å². The predicted octanol–water partition coefficient (Wildman–Crippen LogP) is 2.94. The number of carbonyl (C=O) groups excluding carboxylic acids is 1. The topological polar surface area (TPSA) is 35.5 Å². The predicted molar refractivity (Wildman–Crippen MR) is 39.2 cm³/mol. The van der Waals surface area contributed by atoms with E-state index in [-0.39, 0.29) is 0 Å². The van der Waals surface area contributed by atoms with Crippen LogP contribution in [0.3, 0.4) is 0 Å². The van der Waals surface area contributed by atoms with Gasteiger partial charge in [-0.1, -0.05) is 0 Å². The molecule has 3 nitrogen and oxygen atoms in total. The third-order valence-electron chi connectivity index (χ3n) is 1.37. The second-order valence-corrected chi connectivity index (χ2v) is 2.91. The number of ether oxygens (including phenoxy) is 2. The fraction of sp³-hybridized carbons (Fsp3) is 0.857. The minimum atomic E-state index is -5.85. The maximum atomic E-state index is 12.5. The Morgan fingerprint density at radius 1 is 1.00 bits per heavy atom. The summed E-state index contributed by atoms with van der Waals surface area (Å²) in [5.41, 5.74) is 0. The molecule has 0 radical (unpaired) electrons. The average molecular weight is 290 g/mol. The summed E-state index contributed by atoms with van der Waals surface area (Å²) in [5, 5.41) is 0. The maximum Gasteiger partial charge on any atom is 0.508 e. The molecule has 0 bridgehead atoms. The quantitative estimate of drug-likeness (QED) is 0.577. The Bertz CT molecular complexity index is 276. The number of hydrogen-bond acceptors (Lipinski definition) is 3. The van der Waals surface area contributed by atoms with E-state index in [9.17, 15) is 39.9 Å². The molecule has 0 fully saturated rings. The van der Waals surface area contributed by atoms with Gasteiger partial charge < -0.3 is 9.47 Å². The number of hydrogen-bond donors (Lipinski definition) is 0. The first-order valence-electron chi connectivity index (χ1n) is 4.13. The van der Waals surface area contributed by atoms with Crippen molar-refractivity contribution in [2.45, 2.75) is 24.7 Å². The summed E-state index contributed by atoms with van der Waals surface area (Å²) in [6, 6.07) is 0. The van der Waals surface area contributed by atoms with Crippen molar-refractivity contribution in [3.63, 3.8) is 0 Å². The first-order valence-corrected chi connectivity index (χ1v) is 4.13. The average Bonchev–Trinajstić information content (AvgIpc) is 2.21. The van der Waals surface area contributed by atoms with Gasteiger partial charge in [0.1, 0.15) is 0 Å². The van der Waals surface area contributed by atoms with Crippen LogP contribution in [0.1, 0.15) is 0 Å². The first kappa shape index (κ1) is 16.7. The molecule has 11 heteroatoms. The van der Waals surface area contributed by atoms with Gasteiger partial charge in [-0.2, -0.15) is 22.0 Å². The van der Waals surface area contributed by atoms with Gasteiger partial charge in [0.2, 0.25) is 0 Å². The van der Waals surface area contributed by atoms with E-state index in [0.29, 0.717) is 0 Å². The maximum absolute atomic E-state index is 12.5. The van der Waals surface area contributed by atoms with Crippen molar-refractivity contribution in [1.82, 2.24) is 0 Å². The van der Waals surface area contributed by atoms with E-state index in [1.54, 1.807) is 0 Å². The molecule has 18 heavy (non-hydrogen) atoms. The summed E-state index contributed by atoms with van der Waals surface area (Å²) in [6.45, 7) is -3.77. The molecule has 0 N–H and O–H groups in total. The smallest absolute Gasteiger partial charge is 0.428 e. The van der Waals surface area contributed by atoms with Crippen molar-refractivity contribution in [2.24, 2.45) is 0 Å². The molecule has 0 aromatic heterocycles. The Hall–Kier alpha value is -1.29. The van der Waals surface area contributed by atoms with Crippen LogP contribution in [0.4, 0.5) is 39.9 Å². The fourth-order valence-electron chi connectivity index (χ4n) is 0.640. The van der Waals surface area contributed by atoms with E-state index in [2.05, 4.69) is 9.47 Å². The van der Waals surface area contributed by atoms with Gasteiger partial charge >= 0.3 is 18.3 Å². The summed E-state index contributed by atoms with van der Waals surface area (Å²) in [7, 11) is 0. The Morgan fingerprint density at radius 2 is 1.50 bits per heavy atom. The van der Waals surface area contributed by atoms with E-state index in [4.69, 9.17) is 0 Å². The van der Waals surface area contributed by atoms with Crippen LogP contribution in [0.25, 0.3) is 0 Å². The van der Waals surface area contributed by atoms with Crippen LogP contribution < -0.4 is 0 Å². The molecule has 0 rings (SSSR count). The lowest BCUT2D eigenvalue weighted by atomic mass is 10.2. The molecule has 0 aliphatic rings. The minimum Gasteiger partial charge on any atom is -0.428 e. The fourth-order valence-corrected chi connectivity index (χ4v) is 0.640. The van der Waals surface area contributed by atoms with Crippen molar-refractivity contribution >= 4 is 6.16 Å². The van der Waals surface area contributed by atoms with Crippen molar-refractivity contribution in [3.05, 3.63) is 0 Å². The van der Waals surface area contributed by atoms with Crippen LogP contribution >= 0.6 is 0 Å². The Kier molecular flexibility index (Phi) is 5.61. The molecule has 0 aromatic carbocycles. The SMILES string of the molecule is O=C(OCC(F)F)OCC(F)(F)[C@@H](F)C(F)(F)F. The van der Waals surface area contributed by atoms with Crippen LogP contribution in [0.5, 0.6) is 0 Å². The second-order valence-electron chi connectivity index (χ2n) is 2.91. The largest absolute Gasteiger partial charge is 0.508 e. The third-order valence-corrected chi connectivity index (χ3v) is 1.37. The van der Waals surface area contributed by atoms with Gasteiger partial charge in [0.25, 0.3) is 12.6 Å². The van der Waals surface area contributed by atoms with Gasteiger partial charge in [-0.25, -0.2) is 18.0 Å². The van der Waals surface area contributed by atoms with E-state index in [0.717, 1.165) is 0 Å². The van der Waals surface area contributed by atoms with Crippen LogP contribution in [0.15, 0.2) is 0 Å². The molecule has 0 aliphatic heterocycles. The number of rotatable bonds is 5. The third kappa shape index (κ3) is 5.87. The summed E-state index contributed by atoms with van der Waals surface area (Å²) in [5.74, 6) is -5.04. The van der Waals surface area contributed by atoms with Gasteiger partial charge in [0.15, 0.2) is 13.2 Å². The Morgan fingerprint density at radius 3 is 1.89 bits per heavy atom. The standard InChI is InChI=1S/C7H6F8O3/c8-3(9)1-17-5(16)18-2-6(11,12)4(10)7(13,14)15/h3-4H,1-2H2/t4-/m1/s1. The molecule has 0 aliphatic carbocycles. The lowest BCUT2D eigenvalue weighted by Gasteiger charge is -2.21. The van der Waals surface area contributed by atoms with Crippen molar-refractivity contribution in [2.75, 3.05) is 13.2 Å². The molecular weight excluding hydrogens is 284 g/mol. The molecule has 1 atom stereocenters. The van der Waals surface area contributed by atoms with E-state index >= 15 is 0 Å². The summed E-state index contributed by atoms with van der Waals surface area (Å²) < 4.78 is 102. The highest BCUT2D eigenvalue weighted by molar-refractivity contribution is 5.59. The van der Waals surface area contributed by atoms with E-state index < -0.39 is 44.1 Å². The highest BCUT2D eigenvalue weighted by atomic mass is 19.4. The zero-order valence-electron chi connectivity index (χ0n) is 8.32. The zero-order valence-corrected chi connectivity index (χ0v) is 8.32. The summed E-state index contributed by atoms with van der Waals surface area (Å²) in [6.07, 6.45) is -15.6. The van der Waals surface area contributed by atoms with Gasteiger partial charge in [-0.15, -0.1) is 0 Å². The first-order chi connectivity index (χ1) is 7.97. The van der Waals surface area contributed by atoms with Crippen LogP contribution in [0, 0.1) is 0 Å². The molecule has 108 valence electrons. The molecule has 0 saturated heterocycles. The monoisotopic (exact) mass is 290 g/mol. The van der Waals surface area contributed by atoms with Gasteiger partial charge in [-0.05, 0) is 0 Å². The van der Waals surface area contributed by atoms with Gasteiger partial charge in [0.05, 0.1) is 0 Å². The molecule has 0 unspecified atom stereocenters. The lowest BCUT2D eigenvalue weighted by molar-refractivity contribution is -0.252. The molecule has 0 spiro atoms. The zero-order chi connectivity index (χ0) is 14.6. The minimum absolute atomic E-state index is 1.48. The van der Waals surface area contributed by atoms with Crippen molar-refractivity contribution in [3.8, 4) is 0 Å². The van der Waals surface area contributed by atoms with Crippen LogP contribution in [-0.2, 0) is 9.47 Å². The van der Waals surface area contributed by atoms with Crippen LogP contribution in [0.2, 0.25) is 0 Å². The van der Waals surface area contributed by atoms with Gasteiger partial charge in [0, 0.05) is 0 Å². The van der Waals surface area contributed by atoms with Crippen molar-refractivity contribution < 1.29 is 49.4 Å². The number of carbonyl (C=O) groups is 1. The number of alkyl halides is 8. The highest BCUT2D eigenvalue weighted by Gasteiger charge is 2.57. The lowest BCUT2D eigenvalue weighted by Crippen LogP contribution is -2.45. The summed E-state index contributed by atoms with van der Waals surface area (Å²) in [4.78, 5) is 10.4. The molecule has 0 aromatic rings. The Labute approximate surface area is 94.6 Å². The molecule has 0 saturated carbocycles. The summed E-state index contributed by atoms with van der Waals surface area (Å²) >= 11 is 0. The highest BCUT2D eigenvalue weighted by Crippen LogP contribution is 2.35. The molecule has 0 heterocycles. The normalized spacial score (nSPS) is 14.5. The molecule has 0 amide bonds. The Balaban J connectivity index is 4.22. The van der Waals surface area contributed by atoms with E-state index in [1.807, 2.05) is 0 Å². The second kappa shape index (κ2) is 6.05. The van der Waals surface area contributed by atoms with Gasteiger partial charge in [-0.3, -0.25) is 0 Å². The number of halogens is 8. The van der Waals surface area contributed by atoms with Crippen molar-refractivity contribution in [1.29, 1.82) is 0 Å². The molecular formula is C7H6F8O3. The van der Waals surface area contributed by atoms with E-state index in [1.165, 1.54) is 0 Å².